The predicted molar refractivity (Wildman–Crippen MR) is 62.9 cm³/mol. The number of nitrogens with zero attached hydrogens (tertiary/aromatic N) is 1. The van der Waals surface area contributed by atoms with Crippen molar-refractivity contribution in [1.29, 1.82) is 0 Å². The van der Waals surface area contributed by atoms with Crippen LogP contribution in [0.25, 0.3) is 0 Å². The number of benzene rings is 1. The van der Waals surface area contributed by atoms with Crippen LogP contribution in [0.3, 0.4) is 0 Å². The van der Waals surface area contributed by atoms with E-state index in [9.17, 15) is 5.11 Å². The van der Waals surface area contributed by atoms with Gasteiger partial charge in [-0.25, -0.2) is 0 Å². The first kappa shape index (κ1) is 10.3. The smallest absolute Gasteiger partial charge is 0.0762 e. The predicted octanol–water partition coefficient (Wildman–Crippen LogP) is 1.92. The second-order valence-electron chi connectivity index (χ2n) is 4.19. The Kier molecular flexibility index (Phi) is 2.82. The van der Waals surface area contributed by atoms with Crippen LogP contribution in [0, 0.1) is 0 Å². The van der Waals surface area contributed by atoms with E-state index >= 15 is 0 Å². The highest BCUT2D eigenvalue weighted by molar-refractivity contribution is 5.68. The Hall–Kier alpha value is -1.22. The molecule has 0 unspecified atom stereocenters. The molecule has 0 spiro atoms. The van der Waals surface area contributed by atoms with Crippen LogP contribution in [0.1, 0.15) is 31.4 Å². The van der Waals surface area contributed by atoms with Crippen molar-refractivity contribution in [3.05, 3.63) is 23.8 Å². The van der Waals surface area contributed by atoms with Gasteiger partial charge in [-0.3, -0.25) is 0 Å². The van der Waals surface area contributed by atoms with E-state index in [4.69, 9.17) is 5.73 Å². The van der Waals surface area contributed by atoms with E-state index < -0.39 is 6.10 Å². The summed E-state index contributed by atoms with van der Waals surface area (Å²) in [6.07, 6.45) is 2.05. The Balaban J connectivity index is 2.25. The van der Waals surface area contributed by atoms with Gasteiger partial charge in [0.15, 0.2) is 0 Å². The lowest BCUT2D eigenvalue weighted by atomic mass is 10.1. The van der Waals surface area contributed by atoms with Crippen molar-refractivity contribution in [2.24, 2.45) is 0 Å². The van der Waals surface area contributed by atoms with Crippen LogP contribution in [0.4, 0.5) is 11.4 Å². The number of aliphatic hydroxyl groups is 1. The molecule has 0 radical (unpaired) electrons. The lowest BCUT2D eigenvalue weighted by Gasteiger charge is -2.20. The third-order valence-corrected chi connectivity index (χ3v) is 2.98. The first-order valence-corrected chi connectivity index (χ1v) is 5.51. The van der Waals surface area contributed by atoms with Crippen LogP contribution in [-0.4, -0.2) is 18.2 Å². The number of aliphatic hydroxyl groups excluding tert-OH is 1. The van der Waals surface area contributed by atoms with E-state index in [1.54, 1.807) is 6.92 Å². The summed E-state index contributed by atoms with van der Waals surface area (Å²) >= 11 is 0. The van der Waals surface area contributed by atoms with Gasteiger partial charge in [-0.05, 0) is 37.5 Å². The van der Waals surface area contributed by atoms with Crippen LogP contribution in [-0.2, 0) is 0 Å². The van der Waals surface area contributed by atoms with Gasteiger partial charge in [0.25, 0.3) is 0 Å². The van der Waals surface area contributed by atoms with Crippen LogP contribution in [0.5, 0.6) is 0 Å². The largest absolute Gasteiger partial charge is 0.397 e. The summed E-state index contributed by atoms with van der Waals surface area (Å²) in [5.74, 6) is 0. The maximum absolute atomic E-state index is 9.44. The topological polar surface area (TPSA) is 49.5 Å². The summed E-state index contributed by atoms with van der Waals surface area (Å²) < 4.78 is 0. The molecule has 3 heteroatoms. The van der Waals surface area contributed by atoms with Gasteiger partial charge in [-0.15, -0.1) is 0 Å². The molecule has 1 aromatic carbocycles. The Morgan fingerprint density at radius 1 is 1.33 bits per heavy atom. The highest BCUT2D eigenvalue weighted by Gasteiger charge is 2.15. The van der Waals surface area contributed by atoms with E-state index in [0.717, 1.165) is 30.0 Å². The number of rotatable bonds is 2. The van der Waals surface area contributed by atoms with Gasteiger partial charge in [0.1, 0.15) is 0 Å². The van der Waals surface area contributed by atoms with Crippen molar-refractivity contribution in [2.75, 3.05) is 23.7 Å². The molecule has 1 saturated heterocycles. The fourth-order valence-corrected chi connectivity index (χ4v) is 2.08. The minimum absolute atomic E-state index is 0.445. The fraction of sp³-hybridized carbons (Fsp3) is 0.500. The second-order valence-corrected chi connectivity index (χ2v) is 4.19. The molecular formula is C12H18N2O. The zero-order valence-corrected chi connectivity index (χ0v) is 9.11. The maximum Gasteiger partial charge on any atom is 0.0762 e. The van der Waals surface area contributed by atoms with Crippen molar-refractivity contribution in [3.8, 4) is 0 Å². The SMILES string of the molecule is C[C@H](O)c1ccc(N2CCCC2)c(N)c1. The lowest BCUT2D eigenvalue weighted by molar-refractivity contribution is 0.199. The summed E-state index contributed by atoms with van der Waals surface area (Å²) in [4.78, 5) is 2.31. The number of nitrogen functional groups attached to an aromatic ring is 1. The third-order valence-electron chi connectivity index (χ3n) is 2.98. The molecule has 2 rings (SSSR count). The number of hydrogen-bond donors (Lipinski definition) is 2. The van der Waals surface area contributed by atoms with Crippen molar-refractivity contribution in [2.45, 2.75) is 25.9 Å². The summed E-state index contributed by atoms with van der Waals surface area (Å²) in [7, 11) is 0. The monoisotopic (exact) mass is 206 g/mol. The molecule has 0 bridgehead atoms. The Morgan fingerprint density at radius 3 is 2.53 bits per heavy atom. The molecule has 0 saturated carbocycles. The molecule has 1 aromatic rings. The molecular weight excluding hydrogens is 188 g/mol. The van der Waals surface area contributed by atoms with Gasteiger partial charge in [0.05, 0.1) is 17.5 Å². The normalized spacial score (nSPS) is 18.1. The van der Waals surface area contributed by atoms with Crippen molar-refractivity contribution >= 4 is 11.4 Å². The number of anilines is 2. The molecule has 1 fully saturated rings. The van der Waals surface area contributed by atoms with E-state index in [2.05, 4.69) is 4.90 Å². The second kappa shape index (κ2) is 4.11. The molecule has 1 atom stereocenters. The average Bonchev–Trinajstić information content (AvgIpc) is 2.70. The molecule has 1 aliphatic heterocycles. The Bertz CT molecular complexity index is 343. The molecule has 15 heavy (non-hydrogen) atoms. The lowest BCUT2D eigenvalue weighted by Crippen LogP contribution is -2.19. The van der Waals surface area contributed by atoms with E-state index in [1.165, 1.54) is 12.8 Å². The van der Waals surface area contributed by atoms with Gasteiger partial charge in [-0.1, -0.05) is 6.07 Å². The molecule has 3 nitrogen and oxygen atoms in total. The maximum atomic E-state index is 9.44. The van der Waals surface area contributed by atoms with Gasteiger partial charge in [0.2, 0.25) is 0 Å². The zero-order chi connectivity index (χ0) is 10.8. The summed E-state index contributed by atoms with van der Waals surface area (Å²) in [5, 5.41) is 9.44. The first-order valence-electron chi connectivity index (χ1n) is 5.51. The molecule has 0 aliphatic carbocycles. The summed E-state index contributed by atoms with van der Waals surface area (Å²) in [6.45, 7) is 3.95. The average molecular weight is 206 g/mol. The minimum atomic E-state index is -0.445. The molecule has 82 valence electrons. The Morgan fingerprint density at radius 2 is 2.00 bits per heavy atom. The quantitative estimate of drug-likeness (QED) is 0.727. The highest BCUT2D eigenvalue weighted by Crippen LogP contribution is 2.29. The molecule has 1 aliphatic rings. The van der Waals surface area contributed by atoms with Crippen molar-refractivity contribution in [3.63, 3.8) is 0 Å². The molecule has 0 amide bonds. The van der Waals surface area contributed by atoms with Gasteiger partial charge < -0.3 is 15.7 Å². The summed E-state index contributed by atoms with van der Waals surface area (Å²) in [5.41, 5.74) is 8.75. The number of hydrogen-bond acceptors (Lipinski definition) is 3. The summed E-state index contributed by atoms with van der Waals surface area (Å²) in [6, 6.07) is 5.84. The van der Waals surface area contributed by atoms with E-state index in [1.807, 2.05) is 18.2 Å². The van der Waals surface area contributed by atoms with Crippen LogP contribution < -0.4 is 10.6 Å². The van der Waals surface area contributed by atoms with Crippen molar-refractivity contribution in [1.82, 2.24) is 0 Å². The van der Waals surface area contributed by atoms with E-state index in [-0.39, 0.29) is 0 Å². The molecule has 3 N–H and O–H groups in total. The van der Waals surface area contributed by atoms with Gasteiger partial charge in [0, 0.05) is 13.1 Å². The van der Waals surface area contributed by atoms with E-state index in [0.29, 0.717) is 0 Å². The molecule has 1 heterocycles. The highest BCUT2D eigenvalue weighted by atomic mass is 16.3. The fourth-order valence-electron chi connectivity index (χ4n) is 2.08. The number of nitrogens with two attached hydrogens (primary N) is 1. The third kappa shape index (κ3) is 2.07. The first-order chi connectivity index (χ1) is 7.18. The standard InChI is InChI=1S/C12H18N2O/c1-9(15)10-4-5-12(11(13)8-10)14-6-2-3-7-14/h4-5,8-9,15H,2-3,6-7,13H2,1H3/t9-/m0/s1. The minimum Gasteiger partial charge on any atom is -0.397 e. The van der Waals surface area contributed by atoms with Gasteiger partial charge >= 0.3 is 0 Å². The van der Waals surface area contributed by atoms with Crippen molar-refractivity contribution < 1.29 is 5.11 Å². The molecule has 0 aromatic heterocycles. The van der Waals surface area contributed by atoms with Crippen LogP contribution in [0.2, 0.25) is 0 Å². The Labute approximate surface area is 90.5 Å². The van der Waals surface area contributed by atoms with Crippen LogP contribution in [0.15, 0.2) is 18.2 Å². The zero-order valence-electron chi connectivity index (χ0n) is 9.11. The van der Waals surface area contributed by atoms with Crippen LogP contribution >= 0.6 is 0 Å². The van der Waals surface area contributed by atoms with Gasteiger partial charge in [-0.2, -0.15) is 0 Å².